The van der Waals surface area contributed by atoms with Crippen LogP contribution in [0.15, 0.2) is 41.3 Å². The number of rotatable bonds is 7. The second kappa shape index (κ2) is 8.54. The molecule has 0 aliphatic carbocycles. The molecule has 27 heavy (non-hydrogen) atoms. The van der Waals surface area contributed by atoms with E-state index in [1.807, 2.05) is 24.3 Å². The summed E-state index contributed by atoms with van der Waals surface area (Å²) in [7, 11) is 1.66. The Morgan fingerprint density at radius 1 is 1.37 bits per heavy atom. The fraction of sp³-hybridized carbons (Fsp3) is 0.316. The summed E-state index contributed by atoms with van der Waals surface area (Å²) in [5.74, 6) is -0.386. The van der Waals surface area contributed by atoms with Crippen molar-refractivity contribution in [1.29, 1.82) is 0 Å². The van der Waals surface area contributed by atoms with Crippen LogP contribution < -0.4 is 5.56 Å². The number of aryl methyl sites for hydroxylation is 1. The van der Waals surface area contributed by atoms with Crippen molar-refractivity contribution in [3.05, 3.63) is 62.5 Å². The van der Waals surface area contributed by atoms with Gasteiger partial charge in [-0.3, -0.25) is 19.4 Å². The average molecular weight is 406 g/mol. The lowest BCUT2D eigenvalue weighted by molar-refractivity contribution is -0.143. The molecule has 142 valence electrons. The van der Waals surface area contributed by atoms with E-state index in [1.165, 1.54) is 16.0 Å². The normalized spacial score (nSPS) is 12.1. The van der Waals surface area contributed by atoms with Crippen LogP contribution >= 0.6 is 22.9 Å². The van der Waals surface area contributed by atoms with E-state index < -0.39 is 0 Å². The van der Waals surface area contributed by atoms with Gasteiger partial charge < -0.3 is 4.74 Å². The lowest BCUT2D eigenvalue weighted by Crippen LogP contribution is -2.12. The second-order valence-corrected chi connectivity index (χ2v) is 7.66. The number of esters is 1. The number of aromatic nitrogens is 3. The number of halogens is 1. The van der Waals surface area contributed by atoms with Crippen LogP contribution in [0.5, 0.6) is 0 Å². The second-order valence-electron chi connectivity index (χ2n) is 6.16. The van der Waals surface area contributed by atoms with Crippen molar-refractivity contribution in [1.82, 2.24) is 14.8 Å². The maximum atomic E-state index is 12.1. The Hall–Kier alpha value is -2.38. The molecule has 0 fully saturated rings. The van der Waals surface area contributed by atoms with Gasteiger partial charge in [-0.15, -0.1) is 11.3 Å². The quantitative estimate of drug-likeness (QED) is 0.607. The van der Waals surface area contributed by atoms with Gasteiger partial charge in [0.1, 0.15) is 5.01 Å². The number of benzene rings is 1. The van der Waals surface area contributed by atoms with Gasteiger partial charge in [0.25, 0.3) is 5.56 Å². The fourth-order valence-corrected chi connectivity index (χ4v) is 3.96. The van der Waals surface area contributed by atoms with E-state index in [-0.39, 0.29) is 23.9 Å². The summed E-state index contributed by atoms with van der Waals surface area (Å²) >= 11 is 7.48. The molecule has 3 aromatic rings. The molecule has 8 heteroatoms. The molecule has 0 spiro atoms. The minimum absolute atomic E-state index is 0.106. The van der Waals surface area contributed by atoms with Gasteiger partial charge in [-0.2, -0.15) is 0 Å². The van der Waals surface area contributed by atoms with Crippen molar-refractivity contribution in [2.75, 3.05) is 6.61 Å². The molecule has 1 aromatic carbocycles. The summed E-state index contributed by atoms with van der Waals surface area (Å²) in [6, 6.07) is 9.03. The maximum absolute atomic E-state index is 12.1. The number of carbonyl (C=O) groups is 1. The van der Waals surface area contributed by atoms with Gasteiger partial charge in [-0.25, -0.2) is 4.98 Å². The zero-order valence-electron chi connectivity index (χ0n) is 15.1. The predicted molar refractivity (Wildman–Crippen MR) is 106 cm³/mol. The molecular formula is C19H20ClN3O3S. The van der Waals surface area contributed by atoms with E-state index in [0.29, 0.717) is 18.1 Å². The minimum atomic E-state index is -0.262. The highest BCUT2D eigenvalue weighted by molar-refractivity contribution is 7.15. The van der Waals surface area contributed by atoms with Crippen LogP contribution in [0.4, 0.5) is 0 Å². The van der Waals surface area contributed by atoms with Crippen molar-refractivity contribution < 1.29 is 9.53 Å². The van der Waals surface area contributed by atoms with Crippen LogP contribution in [0.1, 0.15) is 29.8 Å². The number of H-pyrrole nitrogens is 1. The fourth-order valence-electron chi connectivity index (χ4n) is 2.81. The van der Waals surface area contributed by atoms with E-state index in [1.54, 1.807) is 26.2 Å². The van der Waals surface area contributed by atoms with Crippen molar-refractivity contribution in [2.24, 2.45) is 7.05 Å². The lowest BCUT2D eigenvalue weighted by Gasteiger charge is -2.13. The Labute approximate surface area is 165 Å². The summed E-state index contributed by atoms with van der Waals surface area (Å²) in [6.07, 6.45) is 2.55. The first kappa shape index (κ1) is 19.4. The third kappa shape index (κ3) is 4.87. The van der Waals surface area contributed by atoms with E-state index >= 15 is 0 Å². The first-order valence-electron chi connectivity index (χ1n) is 8.58. The molecule has 6 nitrogen and oxygen atoms in total. The Bertz CT molecular complexity index is 975. The zero-order valence-corrected chi connectivity index (χ0v) is 16.6. The highest BCUT2D eigenvalue weighted by atomic mass is 35.5. The Balaban J connectivity index is 1.86. The van der Waals surface area contributed by atoms with Crippen molar-refractivity contribution >= 4 is 28.9 Å². The van der Waals surface area contributed by atoms with Crippen molar-refractivity contribution in [3.8, 4) is 10.6 Å². The molecular weight excluding hydrogens is 386 g/mol. The van der Waals surface area contributed by atoms with Gasteiger partial charge in [0, 0.05) is 46.4 Å². The van der Waals surface area contributed by atoms with E-state index in [4.69, 9.17) is 16.3 Å². The topological polar surface area (TPSA) is 77.0 Å². The number of hydrogen-bond donors (Lipinski definition) is 1. The number of thiazole rings is 1. The third-order valence-electron chi connectivity index (χ3n) is 4.14. The zero-order chi connectivity index (χ0) is 19.4. The summed E-state index contributed by atoms with van der Waals surface area (Å²) < 4.78 is 6.54. The van der Waals surface area contributed by atoms with Gasteiger partial charge in [0.05, 0.1) is 13.0 Å². The first-order chi connectivity index (χ1) is 13.0. The molecule has 1 atom stereocenters. The Morgan fingerprint density at radius 3 is 2.74 bits per heavy atom. The minimum Gasteiger partial charge on any atom is -0.466 e. The molecule has 0 saturated carbocycles. The number of ether oxygens (including phenoxy) is 1. The van der Waals surface area contributed by atoms with Crippen LogP contribution in [-0.2, 0) is 23.0 Å². The summed E-state index contributed by atoms with van der Waals surface area (Å²) in [5.41, 5.74) is 1.64. The third-order valence-corrected chi connectivity index (χ3v) is 5.60. The van der Waals surface area contributed by atoms with Gasteiger partial charge in [-0.1, -0.05) is 23.7 Å². The smallest absolute Gasteiger partial charge is 0.306 e. The number of aromatic amines is 1. The van der Waals surface area contributed by atoms with Crippen LogP contribution in [0.3, 0.4) is 0 Å². The molecule has 2 aromatic heterocycles. The van der Waals surface area contributed by atoms with E-state index in [0.717, 1.165) is 21.1 Å². The van der Waals surface area contributed by atoms with Crippen LogP contribution in [0.2, 0.25) is 5.02 Å². The molecule has 0 bridgehead atoms. The Morgan fingerprint density at radius 2 is 2.11 bits per heavy atom. The van der Waals surface area contributed by atoms with E-state index in [2.05, 4.69) is 10.1 Å². The van der Waals surface area contributed by atoms with Gasteiger partial charge in [0.2, 0.25) is 0 Å². The Kier molecular flexibility index (Phi) is 6.13. The van der Waals surface area contributed by atoms with Gasteiger partial charge in [0.15, 0.2) is 0 Å². The monoisotopic (exact) mass is 405 g/mol. The van der Waals surface area contributed by atoms with Crippen molar-refractivity contribution in [3.63, 3.8) is 0 Å². The molecule has 3 rings (SSSR count). The highest BCUT2D eigenvalue weighted by Gasteiger charge is 2.21. The van der Waals surface area contributed by atoms with Crippen LogP contribution in [-0.4, -0.2) is 27.3 Å². The summed E-state index contributed by atoms with van der Waals surface area (Å²) in [6.45, 7) is 2.12. The molecule has 0 aliphatic rings. The standard InChI is InChI=1S/C19H20ClN3O3S/c1-3-26-18(25)9-13(8-15-10-17(24)23(2)22-15)16-11-21-19(27-16)12-4-6-14(20)7-5-12/h4-7,10-11,13,22H,3,8-9H2,1-2H3/t13-/m1/s1. The molecule has 0 unspecified atom stereocenters. The van der Waals surface area contributed by atoms with Gasteiger partial charge >= 0.3 is 5.97 Å². The summed E-state index contributed by atoms with van der Waals surface area (Å²) in [4.78, 5) is 29.3. The number of carbonyl (C=O) groups excluding carboxylic acids is 1. The first-order valence-corrected chi connectivity index (χ1v) is 9.78. The highest BCUT2D eigenvalue weighted by Crippen LogP contribution is 2.33. The molecule has 1 N–H and O–H groups in total. The molecule has 0 radical (unpaired) electrons. The number of hydrogen-bond acceptors (Lipinski definition) is 5. The largest absolute Gasteiger partial charge is 0.466 e. The predicted octanol–water partition coefficient (Wildman–Crippen LogP) is 3.77. The maximum Gasteiger partial charge on any atom is 0.306 e. The number of nitrogens with zero attached hydrogens (tertiary/aromatic N) is 2. The molecule has 2 heterocycles. The van der Waals surface area contributed by atoms with Gasteiger partial charge in [-0.05, 0) is 25.5 Å². The molecule has 0 amide bonds. The number of nitrogens with one attached hydrogen (secondary N) is 1. The molecule has 0 saturated heterocycles. The summed E-state index contributed by atoms with van der Waals surface area (Å²) in [5, 5.41) is 4.54. The van der Waals surface area contributed by atoms with Crippen LogP contribution in [0, 0.1) is 0 Å². The SMILES string of the molecule is CCOC(=O)C[C@@H](Cc1cc(=O)n(C)[nH]1)c1cnc(-c2ccc(Cl)cc2)s1. The average Bonchev–Trinajstić information content (AvgIpc) is 3.23. The van der Waals surface area contributed by atoms with Crippen molar-refractivity contribution in [2.45, 2.75) is 25.7 Å². The van der Waals surface area contributed by atoms with E-state index in [9.17, 15) is 9.59 Å². The van der Waals surface area contributed by atoms with Crippen LogP contribution in [0.25, 0.3) is 10.6 Å². The lowest BCUT2D eigenvalue weighted by atomic mass is 9.98. The molecule has 0 aliphatic heterocycles.